The van der Waals surface area contributed by atoms with Crippen LogP contribution >= 0.6 is 0 Å². The smallest absolute Gasteiger partial charge is 0.184 e. The number of ether oxygens (including phenoxy) is 1. The van der Waals surface area contributed by atoms with Gasteiger partial charge < -0.3 is 10.5 Å². The molecule has 0 radical (unpaired) electrons. The summed E-state index contributed by atoms with van der Waals surface area (Å²) in [6.45, 7) is 3.47. The second-order valence-electron chi connectivity index (χ2n) is 4.22. The van der Waals surface area contributed by atoms with Crippen molar-refractivity contribution in [1.82, 2.24) is 0 Å². The summed E-state index contributed by atoms with van der Waals surface area (Å²) in [5.74, 6) is 0.379. The number of hydrogen-bond acceptors (Lipinski definition) is 4. The molecule has 0 bridgehead atoms. The highest BCUT2D eigenvalue weighted by molar-refractivity contribution is 7.92. The predicted octanol–water partition coefficient (Wildman–Crippen LogP) is 1.59. The second kappa shape index (κ2) is 5.51. The fourth-order valence-corrected chi connectivity index (χ4v) is 3.41. The predicted molar refractivity (Wildman–Crippen MR) is 67.9 cm³/mol. The zero-order valence-electron chi connectivity index (χ0n) is 10.4. The van der Waals surface area contributed by atoms with Gasteiger partial charge in [-0.1, -0.05) is 12.1 Å². The Morgan fingerprint density at radius 1 is 1.29 bits per heavy atom. The van der Waals surface area contributed by atoms with Crippen LogP contribution in [0.15, 0.2) is 29.2 Å². The van der Waals surface area contributed by atoms with Crippen molar-refractivity contribution in [1.29, 1.82) is 0 Å². The Balaban J connectivity index is 3.13. The molecule has 1 rings (SSSR count). The maximum absolute atomic E-state index is 12.3. The van der Waals surface area contributed by atoms with Gasteiger partial charge in [0.1, 0.15) is 10.6 Å². The van der Waals surface area contributed by atoms with E-state index >= 15 is 0 Å². The first kappa shape index (κ1) is 14.0. The Morgan fingerprint density at radius 2 is 1.88 bits per heavy atom. The maximum atomic E-state index is 12.3. The molecule has 0 saturated carbocycles. The van der Waals surface area contributed by atoms with Gasteiger partial charge in [0, 0.05) is 6.04 Å². The highest BCUT2D eigenvalue weighted by Gasteiger charge is 2.26. The van der Waals surface area contributed by atoms with Crippen LogP contribution < -0.4 is 10.5 Å². The number of benzene rings is 1. The normalized spacial score (nSPS) is 15.3. The number of methoxy groups -OCH3 is 1. The number of sulfone groups is 1. The minimum absolute atomic E-state index is 0.144. The average molecular weight is 257 g/mol. The van der Waals surface area contributed by atoms with E-state index in [4.69, 9.17) is 10.5 Å². The van der Waals surface area contributed by atoms with E-state index < -0.39 is 15.1 Å². The highest BCUT2D eigenvalue weighted by Crippen LogP contribution is 2.27. The van der Waals surface area contributed by atoms with E-state index in [-0.39, 0.29) is 10.9 Å². The molecule has 0 aliphatic carbocycles. The lowest BCUT2D eigenvalue weighted by Gasteiger charge is -2.16. The van der Waals surface area contributed by atoms with Crippen LogP contribution in [0, 0.1) is 0 Å². The van der Waals surface area contributed by atoms with Crippen LogP contribution in [0.3, 0.4) is 0 Å². The Bertz CT molecular complexity index is 468. The number of nitrogens with two attached hydrogens (primary N) is 1. The van der Waals surface area contributed by atoms with Crippen LogP contribution in [0.4, 0.5) is 0 Å². The van der Waals surface area contributed by atoms with Crippen molar-refractivity contribution in [3.63, 3.8) is 0 Å². The lowest BCUT2D eigenvalue weighted by atomic mass is 10.2. The largest absolute Gasteiger partial charge is 0.495 e. The van der Waals surface area contributed by atoms with Crippen LogP contribution in [-0.4, -0.2) is 26.8 Å². The van der Waals surface area contributed by atoms with Gasteiger partial charge >= 0.3 is 0 Å². The molecule has 0 amide bonds. The second-order valence-corrected chi connectivity index (χ2v) is 6.55. The van der Waals surface area contributed by atoms with Crippen molar-refractivity contribution in [2.75, 3.05) is 7.11 Å². The summed E-state index contributed by atoms with van der Waals surface area (Å²) in [5.41, 5.74) is 5.64. The molecular weight excluding hydrogens is 238 g/mol. The van der Waals surface area contributed by atoms with Gasteiger partial charge in [0.15, 0.2) is 9.84 Å². The highest BCUT2D eigenvalue weighted by atomic mass is 32.2. The maximum Gasteiger partial charge on any atom is 0.184 e. The Labute approximate surface area is 103 Å². The van der Waals surface area contributed by atoms with E-state index in [2.05, 4.69) is 0 Å². The van der Waals surface area contributed by atoms with Gasteiger partial charge in [-0.3, -0.25) is 0 Å². The van der Waals surface area contributed by atoms with Crippen molar-refractivity contribution in [3.05, 3.63) is 24.3 Å². The molecule has 17 heavy (non-hydrogen) atoms. The zero-order chi connectivity index (χ0) is 13.1. The fraction of sp³-hybridized carbons (Fsp3) is 0.500. The quantitative estimate of drug-likeness (QED) is 0.869. The minimum atomic E-state index is -3.38. The molecule has 2 N–H and O–H groups in total. The van der Waals surface area contributed by atoms with Gasteiger partial charge in [-0.25, -0.2) is 8.42 Å². The summed E-state index contributed by atoms with van der Waals surface area (Å²) in [6.07, 6.45) is 0.431. The fourth-order valence-electron chi connectivity index (χ4n) is 1.72. The Hall–Kier alpha value is -1.07. The van der Waals surface area contributed by atoms with Crippen molar-refractivity contribution < 1.29 is 13.2 Å². The SMILES string of the molecule is COc1ccccc1S(=O)(=O)C(C)CC(C)N. The van der Waals surface area contributed by atoms with Gasteiger partial charge in [0.2, 0.25) is 0 Å². The molecule has 1 aromatic rings. The van der Waals surface area contributed by atoms with Crippen LogP contribution in [0.5, 0.6) is 5.75 Å². The third kappa shape index (κ3) is 3.20. The molecule has 5 heteroatoms. The first-order chi connectivity index (χ1) is 7.89. The van der Waals surface area contributed by atoms with Crippen molar-refractivity contribution in [3.8, 4) is 5.75 Å². The monoisotopic (exact) mass is 257 g/mol. The van der Waals surface area contributed by atoms with Crippen LogP contribution in [0.25, 0.3) is 0 Å². The number of hydrogen-bond donors (Lipinski definition) is 1. The molecule has 0 fully saturated rings. The summed E-state index contributed by atoms with van der Waals surface area (Å²) >= 11 is 0. The first-order valence-corrected chi connectivity index (χ1v) is 7.06. The molecule has 0 spiro atoms. The summed E-state index contributed by atoms with van der Waals surface area (Å²) in [4.78, 5) is 0.232. The van der Waals surface area contributed by atoms with Gasteiger partial charge in [-0.05, 0) is 32.4 Å². The average Bonchev–Trinajstić information content (AvgIpc) is 2.28. The summed E-state index contributed by atoms with van der Waals surface area (Å²) in [6, 6.07) is 6.49. The van der Waals surface area contributed by atoms with Gasteiger partial charge in [0.25, 0.3) is 0 Å². The summed E-state index contributed by atoms with van der Waals surface area (Å²) in [5, 5.41) is -0.515. The van der Waals surface area contributed by atoms with E-state index in [1.54, 1.807) is 38.1 Å². The zero-order valence-corrected chi connectivity index (χ0v) is 11.2. The van der Waals surface area contributed by atoms with Gasteiger partial charge in [-0.15, -0.1) is 0 Å². The molecule has 2 unspecified atom stereocenters. The van der Waals surface area contributed by atoms with Crippen LogP contribution in [0.1, 0.15) is 20.3 Å². The van der Waals surface area contributed by atoms with E-state index in [9.17, 15) is 8.42 Å². The molecule has 0 aromatic heterocycles. The van der Waals surface area contributed by atoms with Gasteiger partial charge in [-0.2, -0.15) is 0 Å². The third-order valence-corrected chi connectivity index (χ3v) is 4.81. The van der Waals surface area contributed by atoms with E-state index in [1.807, 2.05) is 0 Å². The third-order valence-electron chi connectivity index (χ3n) is 2.61. The Kier molecular flexibility index (Phi) is 4.54. The molecule has 0 heterocycles. The lowest BCUT2D eigenvalue weighted by molar-refractivity contribution is 0.402. The summed E-state index contributed by atoms with van der Waals surface area (Å²) < 4.78 is 29.7. The minimum Gasteiger partial charge on any atom is -0.495 e. The van der Waals surface area contributed by atoms with Crippen LogP contribution in [-0.2, 0) is 9.84 Å². The molecule has 4 nitrogen and oxygen atoms in total. The molecule has 2 atom stereocenters. The van der Waals surface area contributed by atoms with Crippen molar-refractivity contribution >= 4 is 9.84 Å². The van der Waals surface area contributed by atoms with Crippen molar-refractivity contribution in [2.45, 2.75) is 36.5 Å². The molecule has 0 aliphatic rings. The Morgan fingerprint density at radius 3 is 2.41 bits per heavy atom. The standard InChI is InChI=1S/C12H19NO3S/c1-9(13)8-10(2)17(14,15)12-7-5-4-6-11(12)16-3/h4-7,9-10H,8,13H2,1-3H3. The van der Waals surface area contributed by atoms with E-state index in [0.29, 0.717) is 12.2 Å². The molecule has 0 saturated heterocycles. The van der Waals surface area contributed by atoms with Crippen molar-refractivity contribution in [2.24, 2.45) is 5.73 Å². The topological polar surface area (TPSA) is 69.4 Å². The molecule has 0 aliphatic heterocycles. The number of rotatable bonds is 5. The first-order valence-electron chi connectivity index (χ1n) is 5.52. The number of para-hydroxylation sites is 1. The molecule has 96 valence electrons. The van der Waals surface area contributed by atoms with E-state index in [1.165, 1.54) is 7.11 Å². The molecular formula is C12H19NO3S. The van der Waals surface area contributed by atoms with Crippen LogP contribution in [0.2, 0.25) is 0 Å². The van der Waals surface area contributed by atoms with E-state index in [0.717, 1.165) is 0 Å². The summed E-state index contributed by atoms with van der Waals surface area (Å²) in [7, 11) is -1.92. The van der Waals surface area contributed by atoms with Gasteiger partial charge in [0.05, 0.1) is 12.4 Å². The lowest BCUT2D eigenvalue weighted by Crippen LogP contribution is -2.27. The molecule has 1 aromatic carbocycles.